The Bertz CT molecular complexity index is 956. The third-order valence-electron chi connectivity index (χ3n) is 4.43. The first-order chi connectivity index (χ1) is 12.5. The number of nitrogens with zero attached hydrogens (tertiary/aromatic N) is 2. The molecule has 0 radical (unpaired) electrons. The van der Waals surface area contributed by atoms with Crippen LogP contribution in [0.5, 0.6) is 0 Å². The molecular weight excluding hydrogens is 331 g/mol. The average molecular weight is 352 g/mol. The zero-order chi connectivity index (χ0) is 18.7. The normalized spacial score (nSPS) is 11.1. The Kier molecular flexibility index (Phi) is 5.28. The van der Waals surface area contributed by atoms with Crippen LogP contribution in [0, 0.1) is 12.7 Å². The van der Waals surface area contributed by atoms with Crippen LogP contribution in [0.4, 0.5) is 4.39 Å². The summed E-state index contributed by atoms with van der Waals surface area (Å²) in [6.07, 6.45) is 0. The van der Waals surface area contributed by atoms with E-state index >= 15 is 0 Å². The van der Waals surface area contributed by atoms with Gasteiger partial charge in [-0.2, -0.15) is 0 Å². The van der Waals surface area contributed by atoms with E-state index in [1.807, 2.05) is 49.2 Å². The van der Waals surface area contributed by atoms with E-state index in [1.54, 1.807) is 12.1 Å². The maximum absolute atomic E-state index is 13.9. The Morgan fingerprint density at radius 1 is 1.12 bits per heavy atom. The Morgan fingerprint density at radius 2 is 1.81 bits per heavy atom. The number of rotatable bonds is 5. The first-order valence-corrected chi connectivity index (χ1v) is 8.39. The Morgan fingerprint density at radius 3 is 2.54 bits per heavy atom. The van der Waals surface area contributed by atoms with Crippen molar-refractivity contribution in [2.75, 3.05) is 14.2 Å². The van der Waals surface area contributed by atoms with Gasteiger partial charge in [-0.3, -0.25) is 9.88 Å². The van der Waals surface area contributed by atoms with Gasteiger partial charge >= 0.3 is 5.97 Å². The molecule has 0 saturated heterocycles. The van der Waals surface area contributed by atoms with Gasteiger partial charge in [-0.15, -0.1) is 0 Å². The molecule has 1 aromatic heterocycles. The fourth-order valence-corrected chi connectivity index (χ4v) is 3.16. The molecule has 0 bridgehead atoms. The van der Waals surface area contributed by atoms with Crippen LogP contribution in [0.15, 0.2) is 48.5 Å². The lowest BCUT2D eigenvalue weighted by Crippen LogP contribution is -2.22. The summed E-state index contributed by atoms with van der Waals surface area (Å²) >= 11 is 0. The molecule has 3 aromatic rings. The van der Waals surface area contributed by atoms with Crippen LogP contribution in [0.2, 0.25) is 0 Å². The molecule has 1 heterocycles. The molecule has 4 nitrogen and oxygen atoms in total. The lowest BCUT2D eigenvalue weighted by molar-refractivity contribution is 0.0597. The number of benzene rings is 2. The van der Waals surface area contributed by atoms with Crippen LogP contribution in [-0.2, 0) is 17.8 Å². The molecule has 0 amide bonds. The summed E-state index contributed by atoms with van der Waals surface area (Å²) in [5.41, 5.74) is 3.38. The number of esters is 1. The summed E-state index contributed by atoms with van der Waals surface area (Å²) in [7, 11) is 3.24. The third-order valence-corrected chi connectivity index (χ3v) is 4.43. The number of methoxy groups -OCH3 is 1. The van der Waals surface area contributed by atoms with Gasteiger partial charge in [-0.25, -0.2) is 9.18 Å². The molecule has 0 unspecified atom stereocenters. The van der Waals surface area contributed by atoms with Crippen LogP contribution in [0.1, 0.15) is 27.2 Å². The van der Waals surface area contributed by atoms with Crippen molar-refractivity contribution in [2.24, 2.45) is 0 Å². The van der Waals surface area contributed by atoms with Gasteiger partial charge in [0.25, 0.3) is 0 Å². The molecular formula is C21H21FN2O2. The highest BCUT2D eigenvalue weighted by molar-refractivity contribution is 5.98. The highest BCUT2D eigenvalue weighted by atomic mass is 19.1. The molecule has 3 rings (SSSR count). The first-order valence-electron chi connectivity index (χ1n) is 8.39. The van der Waals surface area contributed by atoms with Crippen molar-refractivity contribution in [1.29, 1.82) is 0 Å². The van der Waals surface area contributed by atoms with Crippen molar-refractivity contribution in [1.82, 2.24) is 9.88 Å². The van der Waals surface area contributed by atoms with Crippen molar-refractivity contribution in [3.8, 4) is 0 Å². The molecule has 0 spiro atoms. The van der Waals surface area contributed by atoms with Gasteiger partial charge < -0.3 is 4.74 Å². The van der Waals surface area contributed by atoms with E-state index < -0.39 is 5.97 Å². The zero-order valence-electron chi connectivity index (χ0n) is 15.1. The summed E-state index contributed by atoms with van der Waals surface area (Å²) in [6.45, 7) is 2.72. The molecule has 5 heteroatoms. The largest absolute Gasteiger partial charge is 0.465 e. The molecule has 0 aliphatic carbocycles. The molecule has 0 fully saturated rings. The van der Waals surface area contributed by atoms with Gasteiger partial charge in [-0.1, -0.05) is 36.4 Å². The highest BCUT2D eigenvalue weighted by Crippen LogP contribution is 2.24. The van der Waals surface area contributed by atoms with E-state index in [2.05, 4.69) is 4.98 Å². The zero-order valence-corrected chi connectivity index (χ0v) is 15.1. The molecule has 0 N–H and O–H groups in total. The van der Waals surface area contributed by atoms with E-state index in [9.17, 15) is 9.18 Å². The molecule has 0 saturated carbocycles. The summed E-state index contributed by atoms with van der Waals surface area (Å²) in [6, 6.07) is 14.4. The summed E-state index contributed by atoms with van der Waals surface area (Å²) < 4.78 is 18.9. The number of pyridine rings is 1. The minimum absolute atomic E-state index is 0.241. The van der Waals surface area contributed by atoms with Crippen LogP contribution in [0.25, 0.3) is 10.9 Å². The summed E-state index contributed by atoms with van der Waals surface area (Å²) in [5.74, 6) is -0.648. The molecule has 2 aromatic carbocycles. The fraction of sp³-hybridized carbons (Fsp3) is 0.238. The van der Waals surface area contributed by atoms with Crippen molar-refractivity contribution in [3.05, 3.63) is 76.7 Å². The van der Waals surface area contributed by atoms with E-state index in [0.717, 1.165) is 16.5 Å². The molecule has 0 aliphatic heterocycles. The van der Waals surface area contributed by atoms with Gasteiger partial charge in [-0.05, 0) is 31.7 Å². The fourth-order valence-electron chi connectivity index (χ4n) is 3.16. The smallest absolute Gasteiger partial charge is 0.340 e. The van der Waals surface area contributed by atoms with E-state index in [1.165, 1.54) is 13.2 Å². The quantitative estimate of drug-likeness (QED) is 0.649. The molecule has 134 valence electrons. The Hall–Kier alpha value is -2.79. The van der Waals surface area contributed by atoms with Crippen LogP contribution >= 0.6 is 0 Å². The topological polar surface area (TPSA) is 42.4 Å². The number of carbonyl (C=O) groups is 1. The van der Waals surface area contributed by atoms with Gasteiger partial charge in [0.1, 0.15) is 5.82 Å². The summed E-state index contributed by atoms with van der Waals surface area (Å²) in [5, 5.41) is 0.924. The predicted molar refractivity (Wildman–Crippen MR) is 99.4 cm³/mol. The Balaban J connectivity index is 1.98. The number of fused-ring (bicyclic) bond motifs is 1. The highest BCUT2D eigenvalue weighted by Gasteiger charge is 2.20. The van der Waals surface area contributed by atoms with Crippen molar-refractivity contribution < 1.29 is 13.9 Å². The van der Waals surface area contributed by atoms with Crippen molar-refractivity contribution >= 4 is 16.9 Å². The SMILES string of the molecule is COC(=O)c1c(CN(C)Cc2ccccc2F)nc2ccccc2c1C. The third kappa shape index (κ3) is 3.58. The molecule has 26 heavy (non-hydrogen) atoms. The number of carbonyl (C=O) groups excluding carboxylic acids is 1. The van der Waals surface area contributed by atoms with Crippen molar-refractivity contribution in [2.45, 2.75) is 20.0 Å². The minimum Gasteiger partial charge on any atom is -0.465 e. The second kappa shape index (κ2) is 7.62. The van der Waals surface area contributed by atoms with Gasteiger partial charge in [0.05, 0.1) is 23.9 Å². The van der Waals surface area contributed by atoms with E-state index in [4.69, 9.17) is 4.74 Å². The Labute approximate surface area is 152 Å². The van der Waals surface area contributed by atoms with Crippen LogP contribution in [0.3, 0.4) is 0 Å². The number of ether oxygens (including phenoxy) is 1. The lowest BCUT2D eigenvalue weighted by Gasteiger charge is -2.20. The number of para-hydroxylation sites is 1. The summed E-state index contributed by atoms with van der Waals surface area (Å²) in [4.78, 5) is 19.0. The van der Waals surface area contributed by atoms with Crippen LogP contribution < -0.4 is 0 Å². The van der Waals surface area contributed by atoms with E-state index in [0.29, 0.717) is 29.9 Å². The van der Waals surface area contributed by atoms with E-state index in [-0.39, 0.29) is 5.82 Å². The van der Waals surface area contributed by atoms with Gasteiger partial charge in [0.15, 0.2) is 0 Å². The first kappa shape index (κ1) is 18.0. The maximum atomic E-state index is 13.9. The second-order valence-corrected chi connectivity index (χ2v) is 6.33. The monoisotopic (exact) mass is 352 g/mol. The molecule has 0 atom stereocenters. The van der Waals surface area contributed by atoms with Crippen LogP contribution in [-0.4, -0.2) is 30.0 Å². The minimum atomic E-state index is -0.407. The van der Waals surface area contributed by atoms with Crippen molar-refractivity contribution in [3.63, 3.8) is 0 Å². The number of halogens is 1. The number of hydrogen-bond acceptors (Lipinski definition) is 4. The van der Waals surface area contributed by atoms with Gasteiger partial charge in [0, 0.05) is 24.0 Å². The molecule has 0 aliphatic rings. The lowest BCUT2D eigenvalue weighted by atomic mass is 10.0. The second-order valence-electron chi connectivity index (χ2n) is 6.33. The number of aromatic nitrogens is 1. The standard InChI is InChI=1S/C21H21FN2O2/c1-14-16-9-5-7-11-18(16)23-19(20(14)21(25)26-3)13-24(2)12-15-8-4-6-10-17(15)22/h4-11H,12-13H2,1-3H3. The van der Waals surface area contributed by atoms with Gasteiger partial charge in [0.2, 0.25) is 0 Å². The number of hydrogen-bond donors (Lipinski definition) is 0. The predicted octanol–water partition coefficient (Wildman–Crippen LogP) is 4.10. The average Bonchev–Trinajstić information content (AvgIpc) is 2.63. The maximum Gasteiger partial charge on any atom is 0.340 e. The number of aryl methyl sites for hydroxylation is 1.